The third-order valence-corrected chi connectivity index (χ3v) is 2.46. The van der Waals surface area contributed by atoms with Crippen LogP contribution in [0.3, 0.4) is 0 Å². The van der Waals surface area contributed by atoms with E-state index in [-0.39, 0.29) is 5.82 Å². The van der Waals surface area contributed by atoms with Crippen LogP contribution < -0.4 is 5.32 Å². The number of nitrogens with one attached hydrogen (secondary N) is 1. The van der Waals surface area contributed by atoms with Crippen molar-refractivity contribution >= 4 is 11.8 Å². The van der Waals surface area contributed by atoms with Gasteiger partial charge in [0.2, 0.25) is 5.54 Å². The first kappa shape index (κ1) is 14.2. The summed E-state index contributed by atoms with van der Waals surface area (Å²) < 4.78 is 38.2. The van der Waals surface area contributed by atoms with Crippen molar-refractivity contribution in [3.05, 3.63) is 18.1 Å². The second kappa shape index (κ2) is 4.79. The van der Waals surface area contributed by atoms with E-state index in [9.17, 15) is 18.0 Å². The molecule has 1 heterocycles. The molecular formula is C10H12F3N3O2. The van der Waals surface area contributed by atoms with Crippen LogP contribution >= 0.6 is 0 Å². The minimum Gasteiger partial charge on any atom is -0.479 e. The lowest BCUT2D eigenvalue weighted by Crippen LogP contribution is -2.55. The molecule has 0 saturated carbocycles. The molecular weight excluding hydrogens is 251 g/mol. The number of aromatic nitrogens is 2. The first-order valence-electron chi connectivity index (χ1n) is 5.10. The highest BCUT2D eigenvalue weighted by Gasteiger charge is 2.57. The monoisotopic (exact) mass is 263 g/mol. The van der Waals surface area contributed by atoms with Crippen molar-refractivity contribution in [2.75, 3.05) is 5.32 Å². The summed E-state index contributed by atoms with van der Waals surface area (Å²) in [5, 5.41) is 10.6. The molecule has 0 aliphatic rings. The van der Waals surface area contributed by atoms with Crippen molar-refractivity contribution in [3.63, 3.8) is 0 Å². The Morgan fingerprint density at radius 1 is 1.44 bits per heavy atom. The van der Waals surface area contributed by atoms with Crippen LogP contribution in [-0.4, -0.2) is 32.8 Å². The van der Waals surface area contributed by atoms with E-state index in [0.29, 0.717) is 19.0 Å². The van der Waals surface area contributed by atoms with Gasteiger partial charge in [0, 0.05) is 11.8 Å². The van der Waals surface area contributed by atoms with Gasteiger partial charge in [-0.3, -0.25) is 0 Å². The largest absolute Gasteiger partial charge is 0.479 e. The number of hydrogen-bond donors (Lipinski definition) is 2. The van der Waals surface area contributed by atoms with Gasteiger partial charge in [0.05, 0.1) is 0 Å². The SMILES string of the molecule is CCc1cc(NC(C)(C(=O)O)C(F)(F)F)ncn1. The number of hydrogen-bond acceptors (Lipinski definition) is 4. The highest BCUT2D eigenvalue weighted by molar-refractivity contribution is 5.83. The van der Waals surface area contributed by atoms with Crippen molar-refractivity contribution in [1.29, 1.82) is 0 Å². The van der Waals surface area contributed by atoms with Crippen LogP contribution in [0, 0.1) is 0 Å². The number of anilines is 1. The van der Waals surface area contributed by atoms with Gasteiger partial charge < -0.3 is 10.4 Å². The average molecular weight is 263 g/mol. The molecule has 2 N–H and O–H groups in total. The Labute approximate surface area is 101 Å². The fraction of sp³-hybridized carbons (Fsp3) is 0.500. The number of halogens is 3. The predicted octanol–water partition coefficient (Wildman–Crippen LogP) is 1.86. The number of nitrogens with zero attached hydrogens (tertiary/aromatic N) is 2. The second-order valence-electron chi connectivity index (χ2n) is 3.80. The van der Waals surface area contributed by atoms with Crippen LogP contribution in [0.25, 0.3) is 0 Å². The number of carboxylic acids is 1. The summed E-state index contributed by atoms with van der Waals surface area (Å²) in [6.45, 7) is 2.31. The lowest BCUT2D eigenvalue weighted by Gasteiger charge is -2.29. The summed E-state index contributed by atoms with van der Waals surface area (Å²) in [6, 6.07) is 1.28. The highest BCUT2D eigenvalue weighted by Crippen LogP contribution is 2.33. The Morgan fingerprint density at radius 3 is 2.50 bits per heavy atom. The van der Waals surface area contributed by atoms with Gasteiger partial charge in [-0.05, 0) is 13.3 Å². The maximum Gasteiger partial charge on any atom is 0.422 e. The molecule has 0 amide bonds. The smallest absolute Gasteiger partial charge is 0.422 e. The number of carbonyl (C=O) groups is 1. The van der Waals surface area contributed by atoms with Gasteiger partial charge in [0.25, 0.3) is 0 Å². The topological polar surface area (TPSA) is 75.1 Å². The number of aryl methyl sites for hydroxylation is 1. The minimum absolute atomic E-state index is 0.177. The maximum absolute atomic E-state index is 12.7. The number of rotatable bonds is 4. The predicted molar refractivity (Wildman–Crippen MR) is 57.1 cm³/mol. The van der Waals surface area contributed by atoms with Crippen molar-refractivity contribution < 1.29 is 23.1 Å². The Morgan fingerprint density at radius 2 is 2.06 bits per heavy atom. The van der Waals surface area contributed by atoms with E-state index in [1.807, 2.05) is 5.32 Å². The molecule has 0 aliphatic carbocycles. The fourth-order valence-corrected chi connectivity index (χ4v) is 1.16. The Balaban J connectivity index is 3.08. The van der Waals surface area contributed by atoms with E-state index in [0.717, 1.165) is 6.33 Å². The molecule has 18 heavy (non-hydrogen) atoms. The number of carboxylic acid groups (broad SMARTS) is 1. The van der Waals surface area contributed by atoms with Crippen molar-refractivity contribution in [2.24, 2.45) is 0 Å². The highest BCUT2D eigenvalue weighted by atomic mass is 19.4. The molecule has 5 nitrogen and oxygen atoms in total. The van der Waals surface area contributed by atoms with E-state index in [4.69, 9.17) is 5.11 Å². The van der Waals surface area contributed by atoms with Gasteiger partial charge in [0.15, 0.2) is 0 Å². The Kier molecular flexibility index (Phi) is 3.78. The van der Waals surface area contributed by atoms with Crippen LogP contribution in [0.1, 0.15) is 19.5 Å². The second-order valence-corrected chi connectivity index (χ2v) is 3.80. The van der Waals surface area contributed by atoms with Crippen LogP contribution in [0.5, 0.6) is 0 Å². The van der Waals surface area contributed by atoms with Gasteiger partial charge in [-0.25, -0.2) is 14.8 Å². The van der Waals surface area contributed by atoms with Crippen LogP contribution in [0.2, 0.25) is 0 Å². The van der Waals surface area contributed by atoms with Crippen molar-refractivity contribution in [3.8, 4) is 0 Å². The summed E-state index contributed by atoms with van der Waals surface area (Å²) in [4.78, 5) is 18.2. The molecule has 0 saturated heterocycles. The summed E-state index contributed by atoms with van der Waals surface area (Å²) in [6.07, 6.45) is -3.36. The first-order valence-corrected chi connectivity index (χ1v) is 5.10. The lowest BCUT2D eigenvalue weighted by atomic mass is 10.0. The lowest BCUT2D eigenvalue weighted by molar-refractivity contribution is -0.192. The summed E-state index contributed by atoms with van der Waals surface area (Å²) in [5.41, 5.74) is -2.57. The molecule has 0 radical (unpaired) electrons. The van der Waals surface area contributed by atoms with E-state index in [1.54, 1.807) is 6.92 Å². The quantitative estimate of drug-likeness (QED) is 0.867. The average Bonchev–Trinajstić information content (AvgIpc) is 2.27. The van der Waals surface area contributed by atoms with Crippen molar-refractivity contribution in [2.45, 2.75) is 32.0 Å². The third-order valence-electron chi connectivity index (χ3n) is 2.46. The van der Waals surface area contributed by atoms with Crippen LogP contribution in [0.4, 0.5) is 19.0 Å². The first-order chi connectivity index (χ1) is 8.20. The summed E-state index contributed by atoms with van der Waals surface area (Å²) >= 11 is 0. The molecule has 1 unspecified atom stereocenters. The third kappa shape index (κ3) is 2.69. The van der Waals surface area contributed by atoms with Crippen LogP contribution in [-0.2, 0) is 11.2 Å². The number of alkyl halides is 3. The zero-order chi connectivity index (χ0) is 14.0. The molecule has 0 bridgehead atoms. The van der Waals surface area contributed by atoms with Gasteiger partial charge in [0.1, 0.15) is 12.1 Å². The molecule has 0 aliphatic heterocycles. The zero-order valence-corrected chi connectivity index (χ0v) is 9.75. The molecule has 0 aromatic carbocycles. The van der Waals surface area contributed by atoms with Gasteiger partial charge in [-0.2, -0.15) is 13.2 Å². The maximum atomic E-state index is 12.7. The number of aliphatic carboxylic acids is 1. The molecule has 0 spiro atoms. The minimum atomic E-state index is -4.95. The molecule has 1 atom stereocenters. The van der Waals surface area contributed by atoms with Crippen LogP contribution in [0.15, 0.2) is 12.4 Å². The Bertz CT molecular complexity index is 450. The molecule has 0 fully saturated rings. The van der Waals surface area contributed by atoms with E-state index < -0.39 is 17.7 Å². The molecule has 1 aromatic rings. The summed E-state index contributed by atoms with van der Waals surface area (Å²) in [5.74, 6) is -2.20. The van der Waals surface area contributed by atoms with E-state index >= 15 is 0 Å². The molecule has 100 valence electrons. The van der Waals surface area contributed by atoms with E-state index in [1.165, 1.54) is 6.07 Å². The molecule has 8 heteroatoms. The van der Waals surface area contributed by atoms with E-state index in [2.05, 4.69) is 9.97 Å². The molecule has 1 rings (SSSR count). The fourth-order valence-electron chi connectivity index (χ4n) is 1.16. The normalized spacial score (nSPS) is 14.9. The molecule has 1 aromatic heterocycles. The summed E-state index contributed by atoms with van der Waals surface area (Å²) in [7, 11) is 0. The zero-order valence-electron chi connectivity index (χ0n) is 9.75. The van der Waals surface area contributed by atoms with Gasteiger partial charge >= 0.3 is 12.1 Å². The van der Waals surface area contributed by atoms with Gasteiger partial charge in [-0.1, -0.05) is 6.92 Å². The Hall–Kier alpha value is -1.86. The van der Waals surface area contributed by atoms with Crippen molar-refractivity contribution in [1.82, 2.24) is 9.97 Å². The standard InChI is InChI=1S/C10H12F3N3O2/c1-3-6-4-7(15-5-14-6)16-9(2,8(17)18)10(11,12)13/h4-5H,3H2,1-2H3,(H,17,18)(H,14,15,16). The van der Waals surface area contributed by atoms with Gasteiger partial charge in [-0.15, -0.1) is 0 Å².